The Labute approximate surface area is 150 Å². The highest BCUT2D eigenvalue weighted by Crippen LogP contribution is 2.17. The van der Waals surface area contributed by atoms with Crippen LogP contribution in [0.2, 0.25) is 0 Å². The van der Waals surface area contributed by atoms with Crippen molar-refractivity contribution in [2.75, 3.05) is 13.2 Å². The van der Waals surface area contributed by atoms with Crippen LogP contribution in [0.1, 0.15) is 24.2 Å². The number of hydrogen-bond acceptors (Lipinski definition) is 6. The summed E-state index contributed by atoms with van der Waals surface area (Å²) >= 11 is 0. The SMILES string of the molecule is Cc1ccc(O[C@@H]2COCC[C@@H]2NC(=O)CCc2ccc(=O)[nH]n2)cn1. The molecule has 2 aromatic heterocycles. The van der Waals surface area contributed by atoms with Gasteiger partial charge in [-0.3, -0.25) is 14.6 Å². The highest BCUT2D eigenvalue weighted by atomic mass is 16.5. The first kappa shape index (κ1) is 18.1. The van der Waals surface area contributed by atoms with Crippen molar-refractivity contribution in [1.82, 2.24) is 20.5 Å². The van der Waals surface area contributed by atoms with Crippen molar-refractivity contribution >= 4 is 5.91 Å². The number of H-pyrrole nitrogens is 1. The normalized spacial score (nSPS) is 19.7. The fourth-order valence-electron chi connectivity index (χ4n) is 2.72. The topological polar surface area (TPSA) is 106 Å². The van der Waals surface area contributed by atoms with Gasteiger partial charge in [0.2, 0.25) is 5.91 Å². The van der Waals surface area contributed by atoms with Crippen LogP contribution in [-0.4, -0.2) is 46.4 Å². The Morgan fingerprint density at radius 2 is 2.27 bits per heavy atom. The van der Waals surface area contributed by atoms with E-state index in [0.717, 1.165) is 5.69 Å². The zero-order chi connectivity index (χ0) is 18.4. The summed E-state index contributed by atoms with van der Waals surface area (Å²) in [6.07, 6.45) is 2.84. The molecule has 0 radical (unpaired) electrons. The molecule has 1 amide bonds. The maximum atomic E-state index is 12.3. The van der Waals surface area contributed by atoms with Crippen LogP contribution in [0.5, 0.6) is 5.75 Å². The third-order valence-electron chi connectivity index (χ3n) is 4.17. The largest absolute Gasteiger partial charge is 0.484 e. The van der Waals surface area contributed by atoms with Crippen LogP contribution in [-0.2, 0) is 16.0 Å². The van der Waals surface area contributed by atoms with Gasteiger partial charge >= 0.3 is 0 Å². The Bertz CT molecular complexity index is 770. The molecule has 8 nitrogen and oxygen atoms in total. The summed E-state index contributed by atoms with van der Waals surface area (Å²) < 4.78 is 11.4. The molecule has 0 unspecified atom stereocenters. The van der Waals surface area contributed by atoms with E-state index >= 15 is 0 Å². The second kappa shape index (κ2) is 8.57. The van der Waals surface area contributed by atoms with Crippen LogP contribution in [0.25, 0.3) is 0 Å². The highest BCUT2D eigenvalue weighted by Gasteiger charge is 2.29. The van der Waals surface area contributed by atoms with E-state index in [4.69, 9.17) is 9.47 Å². The minimum absolute atomic E-state index is 0.0828. The smallest absolute Gasteiger partial charge is 0.264 e. The predicted molar refractivity (Wildman–Crippen MR) is 93.9 cm³/mol. The van der Waals surface area contributed by atoms with Crippen molar-refractivity contribution in [1.29, 1.82) is 0 Å². The molecule has 2 N–H and O–H groups in total. The predicted octanol–water partition coefficient (Wildman–Crippen LogP) is 0.759. The van der Waals surface area contributed by atoms with Crippen LogP contribution in [0.4, 0.5) is 0 Å². The van der Waals surface area contributed by atoms with E-state index in [2.05, 4.69) is 20.5 Å². The lowest BCUT2D eigenvalue weighted by atomic mass is 10.1. The number of nitrogens with zero attached hydrogens (tertiary/aromatic N) is 2. The van der Waals surface area contributed by atoms with Gasteiger partial charge < -0.3 is 14.8 Å². The van der Waals surface area contributed by atoms with Gasteiger partial charge in [-0.15, -0.1) is 0 Å². The summed E-state index contributed by atoms with van der Waals surface area (Å²) in [5, 5.41) is 9.29. The molecule has 0 saturated carbocycles. The van der Waals surface area contributed by atoms with Crippen molar-refractivity contribution in [3.05, 3.63) is 52.2 Å². The second-order valence-electron chi connectivity index (χ2n) is 6.24. The minimum Gasteiger partial charge on any atom is -0.484 e. The summed E-state index contributed by atoms with van der Waals surface area (Å²) in [6, 6.07) is 6.64. The number of pyridine rings is 1. The number of aromatic nitrogens is 3. The average molecular weight is 358 g/mol. The summed E-state index contributed by atoms with van der Waals surface area (Å²) in [6.45, 7) is 2.91. The van der Waals surface area contributed by atoms with Gasteiger partial charge in [0.15, 0.2) is 0 Å². The number of amides is 1. The third-order valence-corrected chi connectivity index (χ3v) is 4.17. The van der Waals surface area contributed by atoms with E-state index in [1.165, 1.54) is 6.07 Å². The van der Waals surface area contributed by atoms with Crippen LogP contribution < -0.4 is 15.6 Å². The molecule has 1 aliphatic rings. The van der Waals surface area contributed by atoms with Crippen molar-refractivity contribution in [2.24, 2.45) is 0 Å². The van der Waals surface area contributed by atoms with Gasteiger partial charge in [0.05, 0.1) is 24.5 Å². The van der Waals surface area contributed by atoms with Gasteiger partial charge in [-0.2, -0.15) is 5.10 Å². The average Bonchev–Trinajstić information content (AvgIpc) is 2.65. The Balaban J connectivity index is 1.53. The molecular weight excluding hydrogens is 336 g/mol. The number of carbonyl (C=O) groups is 1. The molecule has 8 heteroatoms. The molecule has 2 atom stereocenters. The Kier molecular flexibility index (Phi) is 5.96. The molecule has 1 aliphatic heterocycles. The molecule has 3 heterocycles. The second-order valence-corrected chi connectivity index (χ2v) is 6.24. The number of rotatable bonds is 6. The van der Waals surface area contributed by atoms with Gasteiger partial charge in [-0.25, -0.2) is 5.10 Å². The fourth-order valence-corrected chi connectivity index (χ4v) is 2.72. The Morgan fingerprint density at radius 3 is 3.00 bits per heavy atom. The molecule has 0 aliphatic carbocycles. The summed E-state index contributed by atoms with van der Waals surface area (Å²) in [5.74, 6) is 0.573. The first-order valence-corrected chi connectivity index (χ1v) is 8.61. The molecule has 1 fully saturated rings. The number of carbonyl (C=O) groups excluding carboxylic acids is 1. The Hall–Kier alpha value is -2.74. The molecule has 138 valence electrons. The lowest BCUT2D eigenvalue weighted by Crippen LogP contribution is -2.51. The molecule has 0 spiro atoms. The fraction of sp³-hybridized carbons (Fsp3) is 0.444. The molecule has 2 aromatic rings. The van der Waals surface area contributed by atoms with E-state index in [1.54, 1.807) is 12.3 Å². The standard InChI is InChI=1S/C18H22N4O4/c1-12-2-5-14(10-19-12)26-16-11-25-9-8-15(16)20-17(23)6-3-13-4-7-18(24)22-21-13/h2,4-5,7,10,15-16H,3,6,8-9,11H2,1H3,(H,20,23)(H,22,24)/t15-,16+/m0/s1. The quantitative estimate of drug-likeness (QED) is 0.790. The third kappa shape index (κ3) is 5.13. The number of nitrogens with one attached hydrogen (secondary N) is 2. The zero-order valence-electron chi connectivity index (χ0n) is 14.6. The Morgan fingerprint density at radius 1 is 1.38 bits per heavy atom. The zero-order valence-corrected chi connectivity index (χ0v) is 14.6. The van der Waals surface area contributed by atoms with Crippen LogP contribution >= 0.6 is 0 Å². The van der Waals surface area contributed by atoms with Crippen molar-refractivity contribution in [3.8, 4) is 5.75 Å². The number of ether oxygens (including phenoxy) is 2. The van der Waals surface area contributed by atoms with Gasteiger partial charge in [0.1, 0.15) is 11.9 Å². The highest BCUT2D eigenvalue weighted by molar-refractivity contribution is 5.76. The van der Waals surface area contributed by atoms with E-state index in [-0.39, 0.29) is 30.0 Å². The lowest BCUT2D eigenvalue weighted by Gasteiger charge is -2.32. The lowest BCUT2D eigenvalue weighted by molar-refractivity contribution is -0.123. The summed E-state index contributed by atoms with van der Waals surface area (Å²) in [7, 11) is 0. The number of aromatic amines is 1. The number of hydrogen-bond donors (Lipinski definition) is 2. The molecule has 26 heavy (non-hydrogen) atoms. The van der Waals surface area contributed by atoms with E-state index in [9.17, 15) is 9.59 Å². The molecule has 3 rings (SSSR count). The monoisotopic (exact) mass is 358 g/mol. The summed E-state index contributed by atoms with van der Waals surface area (Å²) in [5.41, 5.74) is 1.33. The van der Waals surface area contributed by atoms with E-state index < -0.39 is 0 Å². The molecule has 1 saturated heterocycles. The van der Waals surface area contributed by atoms with Crippen LogP contribution in [0.15, 0.2) is 35.3 Å². The van der Waals surface area contributed by atoms with Crippen molar-refractivity contribution in [3.63, 3.8) is 0 Å². The van der Waals surface area contributed by atoms with Crippen LogP contribution in [0.3, 0.4) is 0 Å². The van der Waals surface area contributed by atoms with Gasteiger partial charge in [0.25, 0.3) is 5.56 Å². The maximum absolute atomic E-state index is 12.3. The first-order chi connectivity index (χ1) is 12.6. The van der Waals surface area contributed by atoms with Gasteiger partial charge in [-0.1, -0.05) is 0 Å². The first-order valence-electron chi connectivity index (χ1n) is 8.61. The van der Waals surface area contributed by atoms with Crippen molar-refractivity contribution in [2.45, 2.75) is 38.3 Å². The molecule has 0 bridgehead atoms. The maximum Gasteiger partial charge on any atom is 0.264 e. The van der Waals surface area contributed by atoms with Crippen molar-refractivity contribution < 1.29 is 14.3 Å². The van der Waals surface area contributed by atoms with Gasteiger partial charge in [-0.05, 0) is 31.5 Å². The molecule has 0 aromatic carbocycles. The van der Waals surface area contributed by atoms with E-state index in [0.29, 0.717) is 37.5 Å². The summed E-state index contributed by atoms with van der Waals surface area (Å²) in [4.78, 5) is 27.5. The van der Waals surface area contributed by atoms with Gasteiger partial charge in [0, 0.05) is 31.2 Å². The minimum atomic E-state index is -0.261. The molecular formula is C18H22N4O4. The van der Waals surface area contributed by atoms with Crippen LogP contribution in [0, 0.1) is 6.92 Å². The van der Waals surface area contributed by atoms with E-state index in [1.807, 2.05) is 19.1 Å². The number of aryl methyl sites for hydroxylation is 2.